The van der Waals surface area contributed by atoms with Gasteiger partial charge in [0.05, 0.1) is 29.3 Å². The third kappa shape index (κ3) is 3.66. The average Bonchev–Trinajstić information content (AvgIpc) is 3.63. The lowest BCUT2D eigenvalue weighted by Gasteiger charge is -2.33. The van der Waals surface area contributed by atoms with Crippen LogP contribution >= 0.6 is 0 Å². The fraction of sp³-hybridized carbons (Fsp3) is 0.167. The smallest absolute Gasteiger partial charge is 0.285 e. The van der Waals surface area contributed by atoms with Crippen molar-refractivity contribution in [2.24, 2.45) is 0 Å². The van der Waals surface area contributed by atoms with Gasteiger partial charge in [-0.25, -0.2) is 14.9 Å². The molecule has 1 atom stereocenters. The first-order chi connectivity index (χ1) is 20.1. The summed E-state index contributed by atoms with van der Waals surface area (Å²) < 4.78 is 0. The molecule has 0 radical (unpaired) electrons. The van der Waals surface area contributed by atoms with Crippen LogP contribution < -0.4 is 4.90 Å². The number of aromatic nitrogens is 6. The first-order valence-corrected chi connectivity index (χ1v) is 13.2. The fourth-order valence-electron chi connectivity index (χ4n) is 5.85. The molecule has 0 N–H and O–H groups in total. The lowest BCUT2D eigenvalue weighted by molar-refractivity contribution is -0.143. The molecule has 0 saturated carbocycles. The molecular formula is C30H22N8O3. The van der Waals surface area contributed by atoms with Crippen molar-refractivity contribution in [3.63, 3.8) is 0 Å². The van der Waals surface area contributed by atoms with Crippen molar-refractivity contribution in [2.75, 3.05) is 18.0 Å². The molecule has 3 aromatic heterocycles. The summed E-state index contributed by atoms with van der Waals surface area (Å²) in [4.78, 5) is 62.6. The van der Waals surface area contributed by atoms with Gasteiger partial charge in [-0.3, -0.25) is 29.3 Å². The number of carbonyl (C=O) groups is 3. The number of likely N-dealkylation sites (tertiary alicyclic amines) is 1. The number of rotatable bonds is 5. The Morgan fingerprint density at radius 1 is 0.780 bits per heavy atom. The van der Waals surface area contributed by atoms with E-state index < -0.39 is 23.1 Å². The summed E-state index contributed by atoms with van der Waals surface area (Å²) in [5.41, 5.74) is -0.143. The van der Waals surface area contributed by atoms with Crippen LogP contribution in [0.3, 0.4) is 0 Å². The molecule has 2 fully saturated rings. The number of carbonyl (C=O) groups excluding carboxylic acids is 3. The second kappa shape index (κ2) is 9.72. The summed E-state index contributed by atoms with van der Waals surface area (Å²) in [6.07, 6.45) is 10.7. The summed E-state index contributed by atoms with van der Waals surface area (Å²) in [5, 5.41) is 10.3. The van der Waals surface area contributed by atoms with Crippen LogP contribution in [-0.4, -0.2) is 65.7 Å². The van der Waals surface area contributed by atoms with Crippen LogP contribution in [0.4, 0.5) is 5.69 Å². The van der Waals surface area contributed by atoms with Crippen LogP contribution in [0.15, 0.2) is 85.7 Å². The van der Waals surface area contributed by atoms with E-state index in [4.69, 9.17) is 0 Å². The molecule has 0 aliphatic carbocycles. The molecule has 0 spiro atoms. The van der Waals surface area contributed by atoms with E-state index >= 15 is 0 Å². The molecule has 2 aliphatic heterocycles. The number of fused-ring (bicyclic) bond motifs is 1. The lowest BCUT2D eigenvalue weighted by atomic mass is 9.89. The number of benzene rings is 2. The maximum atomic E-state index is 14.6. The first-order valence-electron chi connectivity index (χ1n) is 13.2. The van der Waals surface area contributed by atoms with Crippen LogP contribution in [0, 0.1) is 0 Å². The number of imide groups is 1. The minimum atomic E-state index is -1.91. The van der Waals surface area contributed by atoms with E-state index in [1.165, 1.54) is 18.6 Å². The van der Waals surface area contributed by atoms with Gasteiger partial charge in [0.15, 0.2) is 5.82 Å². The van der Waals surface area contributed by atoms with Gasteiger partial charge >= 0.3 is 5.91 Å². The highest BCUT2D eigenvalue weighted by molar-refractivity contribution is 6.59. The minimum absolute atomic E-state index is 0.126. The molecule has 2 aliphatic rings. The van der Waals surface area contributed by atoms with E-state index in [2.05, 4.69) is 30.1 Å². The molecule has 200 valence electrons. The van der Waals surface area contributed by atoms with Crippen molar-refractivity contribution in [3.8, 4) is 22.6 Å². The Hall–Kier alpha value is -5.29. The van der Waals surface area contributed by atoms with Gasteiger partial charge in [-0.1, -0.05) is 36.4 Å². The summed E-state index contributed by atoms with van der Waals surface area (Å²) in [7, 11) is 0. The van der Waals surface area contributed by atoms with Crippen LogP contribution in [0.25, 0.3) is 33.4 Å². The zero-order chi connectivity index (χ0) is 28.0. The molecule has 0 bridgehead atoms. The van der Waals surface area contributed by atoms with Gasteiger partial charge in [0.25, 0.3) is 11.7 Å². The summed E-state index contributed by atoms with van der Waals surface area (Å²) in [6, 6.07) is 14.5. The van der Waals surface area contributed by atoms with Gasteiger partial charge in [0.2, 0.25) is 5.54 Å². The predicted molar refractivity (Wildman–Crippen MR) is 148 cm³/mol. The quantitative estimate of drug-likeness (QED) is 0.185. The third-order valence-corrected chi connectivity index (χ3v) is 7.65. The summed E-state index contributed by atoms with van der Waals surface area (Å²) in [6.45, 7) is 0.935. The molecular weight excluding hydrogens is 520 g/mol. The number of amides is 2. The van der Waals surface area contributed by atoms with Crippen molar-refractivity contribution >= 4 is 34.1 Å². The Bertz CT molecular complexity index is 1820. The Kier molecular flexibility index (Phi) is 5.86. The number of nitrogens with zero attached hydrogens (tertiary/aromatic N) is 8. The predicted octanol–water partition coefficient (Wildman–Crippen LogP) is 2.98. The molecule has 1 unspecified atom stereocenters. The number of anilines is 1. The molecule has 2 aromatic carbocycles. The lowest BCUT2D eigenvalue weighted by Crippen LogP contribution is -2.55. The van der Waals surface area contributed by atoms with E-state index in [0.29, 0.717) is 29.9 Å². The Morgan fingerprint density at radius 3 is 2.37 bits per heavy atom. The first kappa shape index (κ1) is 24.7. The maximum Gasteiger partial charge on any atom is 0.304 e. The molecule has 41 heavy (non-hydrogen) atoms. The van der Waals surface area contributed by atoms with E-state index in [9.17, 15) is 14.4 Å². The van der Waals surface area contributed by atoms with Gasteiger partial charge < -0.3 is 0 Å². The molecule has 2 amide bonds. The van der Waals surface area contributed by atoms with Gasteiger partial charge in [0, 0.05) is 54.2 Å². The molecule has 11 nitrogen and oxygen atoms in total. The molecule has 7 rings (SSSR count). The van der Waals surface area contributed by atoms with Gasteiger partial charge in [-0.2, -0.15) is 5.10 Å². The van der Waals surface area contributed by atoms with Crippen molar-refractivity contribution < 1.29 is 14.4 Å². The zero-order valence-corrected chi connectivity index (χ0v) is 21.7. The van der Waals surface area contributed by atoms with E-state index in [-0.39, 0.29) is 17.2 Å². The zero-order valence-electron chi connectivity index (χ0n) is 21.7. The highest BCUT2D eigenvalue weighted by atomic mass is 16.2. The highest BCUT2D eigenvalue weighted by Gasteiger charge is 2.65. The van der Waals surface area contributed by atoms with Gasteiger partial charge in [0.1, 0.15) is 5.69 Å². The highest BCUT2D eigenvalue weighted by Crippen LogP contribution is 2.45. The largest absolute Gasteiger partial charge is 0.304 e. The van der Waals surface area contributed by atoms with E-state index in [1.54, 1.807) is 41.7 Å². The molecule has 11 heteroatoms. The van der Waals surface area contributed by atoms with Gasteiger partial charge in [-0.05, 0) is 25.0 Å². The Balaban J connectivity index is 1.49. The number of Topliss-reactive ketones (excluding diaryl/α,β-unsaturated/α-hetero) is 1. The van der Waals surface area contributed by atoms with Crippen LogP contribution in [0.1, 0.15) is 18.5 Å². The number of ketones is 1. The van der Waals surface area contributed by atoms with Crippen LogP contribution in [0.5, 0.6) is 0 Å². The average molecular weight is 543 g/mol. The normalized spacial score (nSPS) is 19.4. The van der Waals surface area contributed by atoms with Gasteiger partial charge in [-0.15, -0.1) is 5.10 Å². The molecule has 2 saturated heterocycles. The summed E-state index contributed by atoms with van der Waals surface area (Å²) >= 11 is 0. The fourth-order valence-corrected chi connectivity index (χ4v) is 5.85. The van der Waals surface area contributed by atoms with E-state index in [0.717, 1.165) is 28.5 Å². The second-order valence-electron chi connectivity index (χ2n) is 9.82. The standard InChI is InChI=1S/C30H22N8O3/c39-26-28(40)38(29(41)30(26,37-15-3-4-16-37)23-18-31-13-14-32-23)22-10-5-9-21(24(22)27-33-11-6-12-34-27)25-20-8-2-1-7-19(20)17-35-36-25/h1-2,5-14,17-18H,3-4,15-16H2. The van der Waals surface area contributed by atoms with Crippen LogP contribution in [-0.2, 0) is 19.9 Å². The topological polar surface area (TPSA) is 135 Å². The second-order valence-corrected chi connectivity index (χ2v) is 9.82. The van der Waals surface area contributed by atoms with Crippen molar-refractivity contribution in [1.29, 1.82) is 0 Å². The molecule has 5 heterocycles. The number of hydrogen-bond acceptors (Lipinski definition) is 10. The van der Waals surface area contributed by atoms with E-state index in [1.807, 2.05) is 30.3 Å². The summed E-state index contributed by atoms with van der Waals surface area (Å²) in [5.74, 6) is -2.25. The maximum absolute atomic E-state index is 14.6. The van der Waals surface area contributed by atoms with Crippen LogP contribution in [0.2, 0.25) is 0 Å². The SMILES string of the molecule is O=C1C(=O)C(c2cnccn2)(N2CCCC2)C(=O)N1c1cccc(-c2nncc3ccccc23)c1-c1ncccn1. The monoisotopic (exact) mass is 542 g/mol. The third-order valence-electron chi connectivity index (χ3n) is 7.65. The van der Waals surface area contributed by atoms with Crippen molar-refractivity contribution in [3.05, 3.63) is 91.4 Å². The Labute approximate surface area is 233 Å². The minimum Gasteiger partial charge on any atom is -0.285 e. The van der Waals surface area contributed by atoms with Crippen molar-refractivity contribution in [2.45, 2.75) is 18.4 Å². The molecule has 5 aromatic rings. The number of hydrogen-bond donors (Lipinski definition) is 0. The van der Waals surface area contributed by atoms with Crippen molar-refractivity contribution in [1.82, 2.24) is 35.0 Å². The Morgan fingerprint density at radius 2 is 1.59 bits per heavy atom.